The van der Waals surface area contributed by atoms with Crippen molar-refractivity contribution >= 4 is 57.1 Å². The van der Waals surface area contributed by atoms with Crippen LogP contribution in [0.2, 0.25) is 0 Å². The maximum Gasteiger partial charge on any atom is 0.331 e. The van der Waals surface area contributed by atoms with Crippen molar-refractivity contribution in [3.05, 3.63) is 75.5 Å². The van der Waals surface area contributed by atoms with E-state index in [4.69, 9.17) is 4.74 Å². The van der Waals surface area contributed by atoms with E-state index >= 15 is 0 Å². The predicted molar refractivity (Wildman–Crippen MR) is 114 cm³/mol. The van der Waals surface area contributed by atoms with E-state index < -0.39 is 5.97 Å². The minimum atomic E-state index is -0.586. The summed E-state index contributed by atoms with van der Waals surface area (Å²) in [5.41, 5.74) is 3.26. The van der Waals surface area contributed by atoms with Gasteiger partial charge in [-0.2, -0.15) is 0 Å². The van der Waals surface area contributed by atoms with Crippen LogP contribution in [0.4, 0.5) is 5.69 Å². The molecule has 2 aromatic carbocycles. The smallest absolute Gasteiger partial charge is 0.331 e. The topological polar surface area (TPSA) is 68.3 Å². The van der Waals surface area contributed by atoms with Crippen LogP contribution in [0.15, 0.2) is 60.8 Å². The second kappa shape index (κ2) is 8.77. The lowest BCUT2D eigenvalue weighted by Gasteiger charge is -2.08. The maximum atomic E-state index is 12.0. The third-order valence-electron chi connectivity index (χ3n) is 3.87. The Kier molecular flexibility index (Phi) is 6.18. The highest BCUT2D eigenvalue weighted by Gasteiger charge is 2.08. The van der Waals surface area contributed by atoms with Gasteiger partial charge in [0.25, 0.3) is 5.91 Å². The van der Waals surface area contributed by atoms with Crippen LogP contribution in [0.1, 0.15) is 11.1 Å². The first-order valence-corrected chi connectivity index (χ1v) is 9.35. The number of fused-ring (bicyclic) bond motifs is 1. The Morgan fingerprint density at radius 1 is 1.19 bits per heavy atom. The predicted octanol–water partition coefficient (Wildman–Crippen LogP) is 4.34. The maximum absolute atomic E-state index is 12.0. The zero-order chi connectivity index (χ0) is 19.2. The molecule has 0 saturated heterocycles. The van der Waals surface area contributed by atoms with E-state index in [1.165, 1.54) is 6.08 Å². The van der Waals surface area contributed by atoms with Crippen molar-refractivity contribution in [2.45, 2.75) is 6.92 Å². The number of esters is 1. The summed E-state index contributed by atoms with van der Waals surface area (Å²) < 4.78 is 6.10. The van der Waals surface area contributed by atoms with Crippen molar-refractivity contribution in [2.75, 3.05) is 11.9 Å². The molecule has 0 aliphatic heterocycles. The van der Waals surface area contributed by atoms with Crippen molar-refractivity contribution in [1.29, 1.82) is 0 Å². The van der Waals surface area contributed by atoms with E-state index in [0.29, 0.717) is 5.69 Å². The van der Waals surface area contributed by atoms with Gasteiger partial charge >= 0.3 is 5.97 Å². The van der Waals surface area contributed by atoms with Crippen LogP contribution in [-0.4, -0.2) is 23.5 Å². The molecular formula is C21H17IN2O3. The Balaban J connectivity index is 1.57. The molecule has 3 rings (SSSR count). The van der Waals surface area contributed by atoms with Gasteiger partial charge in [-0.25, -0.2) is 4.79 Å². The first kappa shape index (κ1) is 19.0. The number of hydrogen-bond donors (Lipinski definition) is 1. The standard InChI is InChI=1S/C21H17IN2O3/c1-14-12-17(22)8-9-18(14)24-19(25)13-27-20(26)10-7-16-5-2-4-15-6-3-11-23-21(15)16/h2-12H,13H2,1H3,(H,24,25)/b10-7+. The molecule has 5 nitrogen and oxygen atoms in total. The Hall–Kier alpha value is -2.74. The Bertz CT molecular complexity index is 1030. The lowest BCUT2D eigenvalue weighted by molar-refractivity contribution is -0.142. The van der Waals surface area contributed by atoms with E-state index in [0.717, 1.165) is 25.6 Å². The van der Waals surface area contributed by atoms with Gasteiger partial charge in [-0.05, 0) is 65.4 Å². The number of hydrogen-bond acceptors (Lipinski definition) is 4. The van der Waals surface area contributed by atoms with Gasteiger partial charge in [0, 0.05) is 32.5 Å². The number of ether oxygens (including phenoxy) is 1. The van der Waals surface area contributed by atoms with Crippen LogP contribution in [0.25, 0.3) is 17.0 Å². The van der Waals surface area contributed by atoms with Crippen molar-refractivity contribution < 1.29 is 14.3 Å². The molecule has 136 valence electrons. The number of rotatable bonds is 5. The first-order chi connectivity index (χ1) is 13.0. The molecule has 0 fully saturated rings. The quantitative estimate of drug-likeness (QED) is 0.341. The van der Waals surface area contributed by atoms with Crippen LogP contribution in [0.3, 0.4) is 0 Å². The van der Waals surface area contributed by atoms with Crippen molar-refractivity contribution in [3.8, 4) is 0 Å². The fraction of sp³-hybridized carbons (Fsp3) is 0.0952. The summed E-state index contributed by atoms with van der Waals surface area (Å²) in [6, 6.07) is 15.2. The third kappa shape index (κ3) is 5.13. The summed E-state index contributed by atoms with van der Waals surface area (Å²) in [5.74, 6) is -0.967. The second-order valence-electron chi connectivity index (χ2n) is 5.87. The highest BCUT2D eigenvalue weighted by molar-refractivity contribution is 14.1. The van der Waals surface area contributed by atoms with Crippen molar-refractivity contribution in [1.82, 2.24) is 4.98 Å². The van der Waals surface area contributed by atoms with Crippen LogP contribution in [0, 0.1) is 10.5 Å². The van der Waals surface area contributed by atoms with E-state index in [9.17, 15) is 9.59 Å². The third-order valence-corrected chi connectivity index (χ3v) is 4.54. The monoisotopic (exact) mass is 472 g/mol. The molecule has 1 heterocycles. The number of aryl methyl sites for hydroxylation is 1. The number of nitrogens with zero attached hydrogens (tertiary/aromatic N) is 1. The summed E-state index contributed by atoms with van der Waals surface area (Å²) in [5, 5.41) is 3.72. The zero-order valence-electron chi connectivity index (χ0n) is 14.6. The number of aromatic nitrogens is 1. The number of pyridine rings is 1. The highest BCUT2D eigenvalue weighted by atomic mass is 127. The molecule has 0 aliphatic rings. The number of benzene rings is 2. The number of para-hydroxylation sites is 1. The van der Waals surface area contributed by atoms with Gasteiger partial charge in [0.1, 0.15) is 0 Å². The molecule has 0 spiro atoms. The molecule has 3 aromatic rings. The molecule has 0 bridgehead atoms. The Morgan fingerprint density at radius 3 is 2.81 bits per heavy atom. The van der Waals surface area contributed by atoms with Crippen molar-refractivity contribution in [2.24, 2.45) is 0 Å². The Morgan fingerprint density at radius 2 is 2.00 bits per heavy atom. The molecule has 1 aromatic heterocycles. The molecule has 1 N–H and O–H groups in total. The number of amides is 1. The lowest BCUT2D eigenvalue weighted by atomic mass is 10.1. The van der Waals surface area contributed by atoms with Crippen LogP contribution >= 0.6 is 22.6 Å². The summed E-state index contributed by atoms with van der Waals surface area (Å²) in [6.45, 7) is 1.56. The molecule has 0 radical (unpaired) electrons. The number of carbonyl (C=O) groups excluding carboxylic acids is 2. The normalized spacial score (nSPS) is 10.9. The number of nitrogens with one attached hydrogen (secondary N) is 1. The lowest BCUT2D eigenvalue weighted by Crippen LogP contribution is -2.20. The van der Waals surface area contributed by atoms with Gasteiger partial charge in [0.2, 0.25) is 0 Å². The average Bonchev–Trinajstić information content (AvgIpc) is 2.67. The summed E-state index contributed by atoms with van der Waals surface area (Å²) >= 11 is 2.21. The first-order valence-electron chi connectivity index (χ1n) is 8.27. The van der Waals surface area contributed by atoms with Gasteiger partial charge in [-0.1, -0.05) is 24.3 Å². The molecular weight excluding hydrogens is 455 g/mol. The summed E-state index contributed by atoms with van der Waals surface area (Å²) in [7, 11) is 0. The number of halogens is 1. The van der Waals surface area contributed by atoms with E-state index in [-0.39, 0.29) is 12.5 Å². The van der Waals surface area contributed by atoms with E-state index in [1.54, 1.807) is 12.3 Å². The second-order valence-corrected chi connectivity index (χ2v) is 7.12. The minimum Gasteiger partial charge on any atom is -0.452 e. The molecule has 0 atom stereocenters. The van der Waals surface area contributed by atoms with Gasteiger partial charge in [-0.15, -0.1) is 0 Å². The minimum absolute atomic E-state index is 0.345. The van der Waals surface area contributed by atoms with Crippen LogP contribution < -0.4 is 5.32 Å². The van der Waals surface area contributed by atoms with Gasteiger partial charge in [0.15, 0.2) is 6.61 Å². The molecule has 0 aliphatic carbocycles. The molecule has 27 heavy (non-hydrogen) atoms. The number of anilines is 1. The largest absolute Gasteiger partial charge is 0.452 e. The highest BCUT2D eigenvalue weighted by Crippen LogP contribution is 2.18. The fourth-order valence-electron chi connectivity index (χ4n) is 2.56. The average molecular weight is 472 g/mol. The number of carbonyl (C=O) groups is 2. The summed E-state index contributed by atoms with van der Waals surface area (Å²) in [6.07, 6.45) is 4.64. The molecule has 1 amide bonds. The SMILES string of the molecule is Cc1cc(I)ccc1NC(=O)COC(=O)/C=C/c1cccc2cccnc12. The molecule has 0 unspecified atom stereocenters. The summed E-state index contributed by atoms with van der Waals surface area (Å²) in [4.78, 5) is 28.2. The molecule has 0 saturated carbocycles. The van der Waals surface area contributed by atoms with Gasteiger partial charge in [-0.3, -0.25) is 9.78 Å². The van der Waals surface area contributed by atoms with Crippen LogP contribution in [0.5, 0.6) is 0 Å². The Labute approximate surface area is 170 Å². The van der Waals surface area contributed by atoms with Gasteiger partial charge < -0.3 is 10.1 Å². The zero-order valence-corrected chi connectivity index (χ0v) is 16.8. The molecule has 6 heteroatoms. The van der Waals surface area contributed by atoms with Crippen molar-refractivity contribution in [3.63, 3.8) is 0 Å². The van der Waals surface area contributed by atoms with Gasteiger partial charge in [0.05, 0.1) is 5.52 Å². The van der Waals surface area contributed by atoms with Crippen LogP contribution in [-0.2, 0) is 14.3 Å². The van der Waals surface area contributed by atoms with E-state index in [1.807, 2.05) is 55.5 Å². The fourth-order valence-corrected chi connectivity index (χ4v) is 3.21. The van der Waals surface area contributed by atoms with E-state index in [2.05, 4.69) is 32.9 Å².